The molecule has 0 aliphatic carbocycles. The third-order valence-corrected chi connectivity index (χ3v) is 7.30. The number of rotatable bonds is 6. The van der Waals surface area contributed by atoms with Crippen LogP contribution in [0, 0.1) is 11.8 Å². The lowest BCUT2D eigenvalue weighted by atomic mass is 9.75. The number of piperidine rings is 3. The van der Waals surface area contributed by atoms with Crippen LogP contribution in [0.3, 0.4) is 0 Å². The van der Waals surface area contributed by atoms with Crippen LogP contribution in [0.2, 0.25) is 0 Å². The number of fused-ring (bicyclic) bond motifs is 4. The Bertz CT molecular complexity index is 916. The van der Waals surface area contributed by atoms with Crippen molar-refractivity contribution in [1.82, 2.24) is 10.2 Å². The van der Waals surface area contributed by atoms with Gasteiger partial charge in [0.2, 0.25) is 0 Å². The van der Waals surface area contributed by atoms with E-state index in [1.54, 1.807) is 7.11 Å². The molecule has 2 amide bonds. The Morgan fingerprint density at radius 2 is 1.97 bits per heavy atom. The first-order valence-electron chi connectivity index (χ1n) is 11.5. The molecule has 2 aromatic carbocycles. The molecular formula is C25H32N4O2. The van der Waals surface area contributed by atoms with Crippen LogP contribution >= 0.6 is 0 Å². The number of nitrogens with one attached hydrogen (secondary N) is 2. The molecule has 2 bridgehead atoms. The first-order valence-corrected chi connectivity index (χ1v) is 11.5. The molecule has 2 aromatic rings. The maximum atomic E-state index is 12.3. The number of para-hydroxylation sites is 1. The number of amides is 2. The van der Waals surface area contributed by atoms with Crippen LogP contribution in [0.5, 0.6) is 5.75 Å². The minimum absolute atomic E-state index is 0.141. The normalized spacial score (nSPS) is 26.4. The van der Waals surface area contributed by atoms with Crippen molar-refractivity contribution in [2.24, 2.45) is 11.8 Å². The van der Waals surface area contributed by atoms with Gasteiger partial charge in [0.25, 0.3) is 0 Å². The van der Waals surface area contributed by atoms with Crippen molar-refractivity contribution in [2.45, 2.75) is 25.3 Å². The largest absolute Gasteiger partial charge is 0.497 e. The Hall–Kier alpha value is -2.73. The van der Waals surface area contributed by atoms with Gasteiger partial charge in [-0.2, -0.15) is 0 Å². The lowest BCUT2D eigenvalue weighted by Crippen LogP contribution is -2.58. The Morgan fingerprint density at radius 1 is 1.13 bits per heavy atom. The van der Waals surface area contributed by atoms with E-state index in [4.69, 9.17) is 4.74 Å². The average Bonchev–Trinajstić information content (AvgIpc) is 3.22. The van der Waals surface area contributed by atoms with E-state index in [0.717, 1.165) is 49.5 Å². The summed E-state index contributed by atoms with van der Waals surface area (Å²) < 4.78 is 5.16. The number of hydrogen-bond acceptors (Lipinski definition) is 4. The topological polar surface area (TPSA) is 56.8 Å². The Kier molecular flexibility index (Phi) is 5.72. The minimum Gasteiger partial charge on any atom is -0.497 e. The van der Waals surface area contributed by atoms with E-state index < -0.39 is 0 Å². The highest BCUT2D eigenvalue weighted by Crippen LogP contribution is 2.38. The van der Waals surface area contributed by atoms with Crippen molar-refractivity contribution in [3.8, 4) is 5.75 Å². The third-order valence-electron chi connectivity index (χ3n) is 7.30. The number of carbonyl (C=O) groups is 1. The third kappa shape index (κ3) is 4.35. The van der Waals surface area contributed by atoms with E-state index in [2.05, 4.69) is 44.7 Å². The van der Waals surface area contributed by atoms with E-state index in [1.807, 2.05) is 24.3 Å². The molecule has 3 saturated heterocycles. The van der Waals surface area contributed by atoms with E-state index in [-0.39, 0.29) is 6.03 Å². The maximum absolute atomic E-state index is 12.3. The van der Waals surface area contributed by atoms with Crippen LogP contribution < -0.4 is 20.3 Å². The first kappa shape index (κ1) is 20.2. The number of carbonyl (C=O) groups excluding carboxylic acids is 1. The minimum atomic E-state index is -0.141. The molecule has 4 aliphatic rings. The second kappa shape index (κ2) is 8.79. The number of ether oxygens (including phenoxy) is 1. The molecule has 6 heteroatoms. The summed E-state index contributed by atoms with van der Waals surface area (Å²) in [5, 5.41) is 5.99. The molecule has 4 heterocycles. The lowest BCUT2D eigenvalue weighted by Gasteiger charge is -2.50. The number of nitrogens with zero attached hydrogens (tertiary/aromatic N) is 2. The summed E-state index contributed by atoms with van der Waals surface area (Å²) in [5.74, 6) is 2.27. The van der Waals surface area contributed by atoms with Crippen molar-refractivity contribution in [3.63, 3.8) is 0 Å². The van der Waals surface area contributed by atoms with Gasteiger partial charge in [0.15, 0.2) is 0 Å². The van der Waals surface area contributed by atoms with Crippen molar-refractivity contribution < 1.29 is 9.53 Å². The Balaban J connectivity index is 1.11. The monoisotopic (exact) mass is 420 g/mol. The van der Waals surface area contributed by atoms with Gasteiger partial charge in [0.1, 0.15) is 5.75 Å². The number of urea groups is 1. The highest BCUT2D eigenvalue weighted by atomic mass is 16.5. The predicted octanol–water partition coefficient (Wildman–Crippen LogP) is 3.59. The van der Waals surface area contributed by atoms with Crippen molar-refractivity contribution >= 4 is 17.4 Å². The number of hydrogen-bond donors (Lipinski definition) is 2. The van der Waals surface area contributed by atoms with Crippen LogP contribution in [0.25, 0.3) is 0 Å². The van der Waals surface area contributed by atoms with Gasteiger partial charge < -0.3 is 20.3 Å². The predicted molar refractivity (Wildman–Crippen MR) is 124 cm³/mol. The molecule has 6 rings (SSSR count). The zero-order valence-corrected chi connectivity index (χ0v) is 18.2. The quantitative estimate of drug-likeness (QED) is 0.750. The van der Waals surface area contributed by atoms with Gasteiger partial charge >= 0.3 is 6.03 Å². The molecule has 4 aliphatic heterocycles. The molecule has 0 spiro atoms. The Morgan fingerprint density at radius 3 is 2.74 bits per heavy atom. The molecule has 31 heavy (non-hydrogen) atoms. The van der Waals surface area contributed by atoms with Gasteiger partial charge in [0, 0.05) is 43.6 Å². The van der Waals surface area contributed by atoms with Crippen molar-refractivity contribution in [2.75, 3.05) is 50.1 Å². The summed E-state index contributed by atoms with van der Waals surface area (Å²) in [6.07, 6.45) is 3.64. The molecule has 0 saturated carbocycles. The van der Waals surface area contributed by atoms with Crippen molar-refractivity contribution in [3.05, 3.63) is 54.1 Å². The summed E-state index contributed by atoms with van der Waals surface area (Å²) in [5.41, 5.74) is 3.70. The molecule has 4 unspecified atom stereocenters. The van der Waals surface area contributed by atoms with Gasteiger partial charge in [-0.1, -0.05) is 18.2 Å². The maximum Gasteiger partial charge on any atom is 0.319 e. The van der Waals surface area contributed by atoms with E-state index in [9.17, 15) is 4.79 Å². The average molecular weight is 421 g/mol. The van der Waals surface area contributed by atoms with E-state index >= 15 is 0 Å². The zero-order chi connectivity index (χ0) is 21.2. The Labute approximate surface area is 184 Å². The highest BCUT2D eigenvalue weighted by molar-refractivity contribution is 5.89. The highest BCUT2D eigenvalue weighted by Gasteiger charge is 2.41. The summed E-state index contributed by atoms with van der Waals surface area (Å²) in [6, 6.07) is 16.6. The van der Waals surface area contributed by atoms with Crippen LogP contribution in [0.4, 0.5) is 16.2 Å². The van der Waals surface area contributed by atoms with Crippen LogP contribution in [0.1, 0.15) is 18.4 Å². The summed E-state index contributed by atoms with van der Waals surface area (Å²) in [6.45, 7) is 5.33. The molecule has 3 fully saturated rings. The summed E-state index contributed by atoms with van der Waals surface area (Å²) in [7, 11) is 1.64. The summed E-state index contributed by atoms with van der Waals surface area (Å²) >= 11 is 0. The van der Waals surface area contributed by atoms with Gasteiger partial charge in [-0.25, -0.2) is 4.79 Å². The molecular weight excluding hydrogens is 388 g/mol. The standard InChI is InChI=1S/C25H32N4O2/c1-31-23-8-6-21(7-9-23)27-25(30)26-15-22-14-19-11-12-28(22)16-20(19)17-29-13-10-18-4-2-3-5-24(18)29/h2-9,19-20,22H,10-17H2,1H3,(H2,26,27,30). The summed E-state index contributed by atoms with van der Waals surface area (Å²) in [4.78, 5) is 17.5. The second-order valence-electron chi connectivity index (χ2n) is 9.08. The molecule has 0 radical (unpaired) electrons. The van der Waals surface area contributed by atoms with Gasteiger partial charge in [0.05, 0.1) is 7.11 Å². The molecule has 0 aromatic heterocycles. The molecule has 164 valence electrons. The molecule has 4 atom stereocenters. The smallest absolute Gasteiger partial charge is 0.319 e. The molecule has 6 nitrogen and oxygen atoms in total. The second-order valence-corrected chi connectivity index (χ2v) is 9.08. The fourth-order valence-electron chi connectivity index (χ4n) is 5.61. The van der Waals surface area contributed by atoms with Crippen LogP contribution in [0.15, 0.2) is 48.5 Å². The zero-order valence-electron chi connectivity index (χ0n) is 18.2. The van der Waals surface area contributed by atoms with E-state index in [1.165, 1.54) is 30.5 Å². The number of benzene rings is 2. The van der Waals surface area contributed by atoms with Gasteiger partial charge in [-0.15, -0.1) is 0 Å². The fraction of sp³-hybridized carbons (Fsp3) is 0.480. The SMILES string of the molecule is COc1ccc(NC(=O)NCC2CC3CCN2CC3CN2CCc3ccccc32)cc1. The van der Waals surface area contributed by atoms with Gasteiger partial charge in [-0.05, 0) is 73.5 Å². The van der Waals surface area contributed by atoms with Crippen molar-refractivity contribution in [1.29, 1.82) is 0 Å². The molecule has 2 N–H and O–H groups in total. The van der Waals surface area contributed by atoms with E-state index in [0.29, 0.717) is 12.6 Å². The van der Waals surface area contributed by atoms with Gasteiger partial charge in [-0.3, -0.25) is 4.90 Å². The fourth-order valence-corrected chi connectivity index (χ4v) is 5.61. The lowest BCUT2D eigenvalue weighted by molar-refractivity contribution is 0.00590. The number of anilines is 2. The first-order chi connectivity index (χ1) is 15.2. The van der Waals surface area contributed by atoms with Crippen LogP contribution in [-0.2, 0) is 6.42 Å². The number of methoxy groups -OCH3 is 1. The van der Waals surface area contributed by atoms with Crippen LogP contribution in [-0.4, -0.2) is 56.8 Å².